The number of likely N-dealkylation sites (tertiary alicyclic amines) is 1. The number of imidazole rings is 1. The summed E-state index contributed by atoms with van der Waals surface area (Å²) < 4.78 is 22.1. The van der Waals surface area contributed by atoms with Crippen LogP contribution < -0.4 is 10.1 Å². The van der Waals surface area contributed by atoms with Crippen molar-refractivity contribution in [1.82, 2.24) is 14.5 Å². The van der Waals surface area contributed by atoms with Gasteiger partial charge in [-0.15, -0.1) is 0 Å². The molecule has 9 heteroatoms. The third kappa shape index (κ3) is 3.86. The number of carbonyl (C=O) groups excluding carboxylic acids is 1. The van der Waals surface area contributed by atoms with Gasteiger partial charge >= 0.3 is 0 Å². The van der Waals surface area contributed by atoms with Crippen LogP contribution in [0.4, 0.5) is 10.1 Å². The first-order chi connectivity index (χ1) is 17.1. The Morgan fingerprint density at radius 2 is 2.00 bits per heavy atom. The summed E-state index contributed by atoms with van der Waals surface area (Å²) in [7, 11) is 0. The predicted octanol–water partition coefficient (Wildman–Crippen LogP) is 4.59. The highest BCUT2D eigenvalue weighted by Gasteiger charge is 2.48. The summed E-state index contributed by atoms with van der Waals surface area (Å²) in [6, 6.07) is 8.49. The number of hydrogen-bond donors (Lipinski definition) is 2. The van der Waals surface area contributed by atoms with Crippen LogP contribution in [0.3, 0.4) is 0 Å². The molecule has 2 N–H and O–H groups in total. The molecule has 1 saturated heterocycles. The second-order valence-electron chi connectivity index (χ2n) is 10.8. The molecule has 2 aliphatic heterocycles. The summed E-state index contributed by atoms with van der Waals surface area (Å²) in [5.74, 6) is 1.22. The molecule has 3 aromatic rings. The average molecular weight is 513 g/mol. The second kappa shape index (κ2) is 8.43. The van der Waals surface area contributed by atoms with Crippen LogP contribution in [0.2, 0.25) is 5.02 Å². The van der Waals surface area contributed by atoms with E-state index in [2.05, 4.69) is 14.8 Å². The van der Waals surface area contributed by atoms with Crippen LogP contribution in [0.25, 0.3) is 11.0 Å². The van der Waals surface area contributed by atoms with Gasteiger partial charge in [-0.2, -0.15) is 0 Å². The zero-order chi connectivity index (χ0) is 25.2. The molecule has 0 radical (unpaired) electrons. The maximum Gasteiger partial charge on any atom is 0.235 e. The van der Waals surface area contributed by atoms with E-state index in [0.717, 1.165) is 41.2 Å². The Bertz CT molecular complexity index is 1350. The molecule has 6 rings (SSSR count). The largest absolute Gasteiger partial charge is 0.492 e. The number of hydrogen-bond acceptors (Lipinski definition) is 5. The predicted molar refractivity (Wildman–Crippen MR) is 136 cm³/mol. The zero-order valence-corrected chi connectivity index (χ0v) is 21.2. The van der Waals surface area contributed by atoms with Crippen molar-refractivity contribution < 1.29 is 19.0 Å². The zero-order valence-electron chi connectivity index (χ0n) is 20.5. The van der Waals surface area contributed by atoms with E-state index in [-0.39, 0.29) is 17.8 Å². The molecular formula is C27H30ClFN4O3. The van der Waals surface area contributed by atoms with E-state index in [1.165, 1.54) is 12.1 Å². The molecule has 190 valence electrons. The summed E-state index contributed by atoms with van der Waals surface area (Å²) in [5.41, 5.74) is 1.92. The number of rotatable bonds is 5. The quantitative estimate of drug-likeness (QED) is 0.523. The minimum Gasteiger partial charge on any atom is -0.492 e. The van der Waals surface area contributed by atoms with E-state index < -0.39 is 11.0 Å². The molecule has 7 nitrogen and oxygen atoms in total. The van der Waals surface area contributed by atoms with Crippen LogP contribution >= 0.6 is 11.6 Å². The number of nitrogens with one attached hydrogen (secondary N) is 1. The van der Waals surface area contributed by atoms with Crippen LogP contribution in [-0.4, -0.2) is 57.3 Å². The summed E-state index contributed by atoms with van der Waals surface area (Å²) in [4.78, 5) is 19.7. The summed E-state index contributed by atoms with van der Waals surface area (Å²) >= 11 is 6.66. The van der Waals surface area contributed by atoms with Gasteiger partial charge in [0.15, 0.2) is 0 Å². The van der Waals surface area contributed by atoms with Crippen LogP contribution in [0, 0.1) is 12.7 Å². The molecular weight excluding hydrogens is 483 g/mol. The van der Waals surface area contributed by atoms with E-state index in [9.17, 15) is 14.3 Å². The van der Waals surface area contributed by atoms with E-state index in [1.54, 1.807) is 6.07 Å². The van der Waals surface area contributed by atoms with Crippen molar-refractivity contribution in [3.63, 3.8) is 0 Å². The van der Waals surface area contributed by atoms with Gasteiger partial charge in [0.25, 0.3) is 0 Å². The topological polar surface area (TPSA) is 79.6 Å². The lowest BCUT2D eigenvalue weighted by Crippen LogP contribution is -2.47. The Kier molecular flexibility index (Phi) is 5.55. The highest BCUT2D eigenvalue weighted by Crippen LogP contribution is 2.46. The number of halogens is 2. The van der Waals surface area contributed by atoms with Gasteiger partial charge in [0.1, 0.15) is 24.0 Å². The highest BCUT2D eigenvalue weighted by molar-refractivity contribution is 6.35. The Labute approximate surface area is 214 Å². The van der Waals surface area contributed by atoms with Crippen molar-refractivity contribution in [2.45, 2.75) is 56.6 Å². The first-order valence-electron chi connectivity index (χ1n) is 12.5. The number of nitrogens with zero attached hydrogens (tertiary/aromatic N) is 3. The molecule has 1 aromatic heterocycles. The molecule has 2 aromatic carbocycles. The van der Waals surface area contributed by atoms with Crippen LogP contribution in [0.5, 0.6) is 5.75 Å². The standard InChI is InChI=1S/C27H30ClFN4O3/c1-16-30-23-13-19(12-21(28)24(23)33(16)18-14-26(2,35)15-18)36-10-9-32-7-5-27(6-8-32)20-11-17(29)3-4-22(20)31-25(27)34/h3-4,11-13,18,35H,5-10,14-15H2,1-2H3,(H,31,34). The summed E-state index contributed by atoms with van der Waals surface area (Å²) in [6.07, 6.45) is 2.68. The van der Waals surface area contributed by atoms with Crippen molar-refractivity contribution >= 4 is 34.2 Å². The molecule has 1 amide bonds. The molecule has 1 spiro atoms. The van der Waals surface area contributed by atoms with E-state index in [4.69, 9.17) is 21.3 Å². The molecule has 1 saturated carbocycles. The van der Waals surface area contributed by atoms with Crippen molar-refractivity contribution in [2.75, 3.05) is 31.6 Å². The maximum absolute atomic E-state index is 13.9. The van der Waals surface area contributed by atoms with Gasteiger partial charge in [0.2, 0.25) is 5.91 Å². The molecule has 1 aliphatic carbocycles. The number of benzene rings is 2. The molecule has 3 heterocycles. The second-order valence-corrected chi connectivity index (χ2v) is 11.2. The van der Waals surface area contributed by atoms with Gasteiger partial charge in [-0.05, 0) is 76.4 Å². The Balaban J connectivity index is 1.09. The Morgan fingerprint density at radius 3 is 2.72 bits per heavy atom. The highest BCUT2D eigenvalue weighted by atomic mass is 35.5. The van der Waals surface area contributed by atoms with Gasteiger partial charge in [-0.3, -0.25) is 9.69 Å². The van der Waals surface area contributed by atoms with Gasteiger partial charge in [0.05, 0.1) is 27.1 Å². The van der Waals surface area contributed by atoms with Crippen molar-refractivity contribution in [2.24, 2.45) is 0 Å². The monoisotopic (exact) mass is 512 g/mol. The number of piperidine rings is 1. The number of aryl methyl sites for hydroxylation is 1. The van der Waals surface area contributed by atoms with Crippen molar-refractivity contribution in [1.29, 1.82) is 0 Å². The lowest BCUT2D eigenvalue weighted by Gasteiger charge is -2.42. The molecule has 0 unspecified atom stereocenters. The number of anilines is 1. The number of ether oxygens (including phenoxy) is 1. The van der Waals surface area contributed by atoms with Crippen LogP contribution in [0.1, 0.15) is 50.0 Å². The first-order valence-corrected chi connectivity index (χ1v) is 12.9. The van der Waals surface area contributed by atoms with E-state index in [0.29, 0.717) is 49.6 Å². The first kappa shape index (κ1) is 23.7. The minimum absolute atomic E-state index is 0.0257. The fraction of sp³-hybridized carbons (Fsp3) is 0.481. The Morgan fingerprint density at radius 1 is 1.25 bits per heavy atom. The van der Waals surface area contributed by atoms with Crippen LogP contribution in [-0.2, 0) is 10.2 Å². The molecule has 2 fully saturated rings. The fourth-order valence-electron chi connectivity index (χ4n) is 6.28. The van der Waals surface area contributed by atoms with E-state index >= 15 is 0 Å². The number of aromatic nitrogens is 2. The average Bonchev–Trinajstić information content (AvgIpc) is 3.27. The Hall–Kier alpha value is -2.68. The number of amides is 1. The SMILES string of the molecule is Cc1nc2cc(OCCN3CCC4(CC3)C(=O)Nc3ccc(F)cc34)cc(Cl)c2n1C1CC(C)(O)C1. The number of fused-ring (bicyclic) bond motifs is 3. The van der Waals surface area contributed by atoms with Gasteiger partial charge in [-0.25, -0.2) is 9.37 Å². The molecule has 36 heavy (non-hydrogen) atoms. The van der Waals surface area contributed by atoms with Gasteiger partial charge < -0.3 is 19.7 Å². The normalized spacial score (nSPS) is 25.1. The fourth-order valence-corrected chi connectivity index (χ4v) is 6.57. The minimum atomic E-state index is -0.641. The lowest BCUT2D eigenvalue weighted by atomic mass is 9.73. The summed E-state index contributed by atoms with van der Waals surface area (Å²) in [5, 5.41) is 13.7. The van der Waals surface area contributed by atoms with Crippen LogP contribution in [0.15, 0.2) is 30.3 Å². The van der Waals surface area contributed by atoms with Gasteiger partial charge in [0, 0.05) is 30.4 Å². The smallest absolute Gasteiger partial charge is 0.235 e. The van der Waals surface area contributed by atoms with Crippen molar-refractivity contribution in [3.8, 4) is 5.75 Å². The molecule has 3 aliphatic rings. The number of aliphatic hydroxyl groups is 1. The molecule has 0 atom stereocenters. The maximum atomic E-state index is 13.9. The summed E-state index contributed by atoms with van der Waals surface area (Å²) in [6.45, 7) is 6.49. The third-order valence-electron chi connectivity index (χ3n) is 8.17. The van der Waals surface area contributed by atoms with E-state index in [1.807, 2.05) is 26.0 Å². The third-order valence-corrected chi connectivity index (χ3v) is 8.46. The van der Waals surface area contributed by atoms with Crippen molar-refractivity contribution in [3.05, 3.63) is 52.6 Å². The lowest BCUT2D eigenvalue weighted by molar-refractivity contribution is -0.122. The van der Waals surface area contributed by atoms with Gasteiger partial charge in [-0.1, -0.05) is 11.6 Å². The number of carbonyl (C=O) groups is 1. The molecule has 0 bridgehead atoms.